The van der Waals surface area contributed by atoms with Crippen molar-refractivity contribution in [1.29, 1.82) is 0 Å². The van der Waals surface area contributed by atoms with Crippen LogP contribution in [-0.4, -0.2) is 12.6 Å². The Morgan fingerprint density at radius 2 is 1.93 bits per heavy atom. The summed E-state index contributed by atoms with van der Waals surface area (Å²) >= 11 is 0. The van der Waals surface area contributed by atoms with E-state index in [0.717, 1.165) is 24.7 Å². The predicted molar refractivity (Wildman–Crippen MR) is 59.4 cm³/mol. The van der Waals surface area contributed by atoms with Crippen LogP contribution >= 0.6 is 0 Å². The van der Waals surface area contributed by atoms with E-state index in [2.05, 4.69) is 6.92 Å². The maximum absolute atomic E-state index is 11.9. The van der Waals surface area contributed by atoms with Crippen LogP contribution in [0.2, 0.25) is 0 Å². The zero-order valence-electron chi connectivity index (χ0n) is 9.92. The molecule has 2 aliphatic rings. The molecular formula is C13H22O2. The number of rotatable bonds is 2. The predicted octanol–water partition coefficient (Wildman–Crippen LogP) is 3.16. The molecular weight excluding hydrogens is 188 g/mol. The molecule has 2 heteroatoms. The van der Waals surface area contributed by atoms with Crippen molar-refractivity contribution in [2.24, 2.45) is 17.3 Å². The van der Waals surface area contributed by atoms with Crippen molar-refractivity contribution >= 4 is 5.97 Å². The highest BCUT2D eigenvalue weighted by Crippen LogP contribution is 2.49. The molecule has 0 aromatic rings. The van der Waals surface area contributed by atoms with Crippen LogP contribution < -0.4 is 0 Å². The van der Waals surface area contributed by atoms with E-state index in [0.29, 0.717) is 6.61 Å². The first-order valence-corrected chi connectivity index (χ1v) is 6.31. The lowest BCUT2D eigenvalue weighted by atomic mass is 9.61. The van der Waals surface area contributed by atoms with Crippen molar-refractivity contribution in [1.82, 2.24) is 0 Å². The number of carbonyl (C=O) groups excluding carboxylic acids is 1. The van der Waals surface area contributed by atoms with Crippen molar-refractivity contribution in [2.75, 3.05) is 6.61 Å². The van der Waals surface area contributed by atoms with Gasteiger partial charge in [-0.3, -0.25) is 4.79 Å². The molecule has 0 aromatic heterocycles. The summed E-state index contributed by atoms with van der Waals surface area (Å²) in [5.41, 5.74) is -0.177. The topological polar surface area (TPSA) is 26.3 Å². The van der Waals surface area contributed by atoms with Crippen LogP contribution in [0.5, 0.6) is 0 Å². The molecule has 2 rings (SSSR count). The molecule has 2 unspecified atom stereocenters. The van der Waals surface area contributed by atoms with E-state index in [-0.39, 0.29) is 11.4 Å². The van der Waals surface area contributed by atoms with Gasteiger partial charge in [0.1, 0.15) is 0 Å². The molecule has 2 fully saturated rings. The van der Waals surface area contributed by atoms with Crippen molar-refractivity contribution in [3.05, 3.63) is 0 Å². The summed E-state index contributed by atoms with van der Waals surface area (Å²) in [6.45, 7) is 4.52. The van der Waals surface area contributed by atoms with Crippen molar-refractivity contribution in [2.45, 2.75) is 52.4 Å². The third kappa shape index (κ3) is 2.19. The van der Waals surface area contributed by atoms with Gasteiger partial charge in [-0.15, -0.1) is 0 Å². The Bertz CT molecular complexity index is 235. The summed E-state index contributed by atoms with van der Waals surface area (Å²) in [6.07, 6.45) is 7.49. The highest BCUT2D eigenvalue weighted by Gasteiger charge is 2.44. The molecule has 2 atom stereocenters. The summed E-state index contributed by atoms with van der Waals surface area (Å²) in [4.78, 5) is 11.9. The van der Waals surface area contributed by atoms with Crippen LogP contribution in [0.25, 0.3) is 0 Å². The Balaban J connectivity index is 2.05. The van der Waals surface area contributed by atoms with Crippen molar-refractivity contribution < 1.29 is 9.53 Å². The van der Waals surface area contributed by atoms with Gasteiger partial charge in [0.15, 0.2) is 0 Å². The van der Waals surface area contributed by atoms with E-state index >= 15 is 0 Å². The van der Waals surface area contributed by atoms with Gasteiger partial charge in [-0.05, 0) is 44.9 Å². The molecule has 2 nitrogen and oxygen atoms in total. The fourth-order valence-corrected chi connectivity index (χ4v) is 3.60. The van der Waals surface area contributed by atoms with Crippen LogP contribution in [0.15, 0.2) is 0 Å². The number of hydrogen-bond donors (Lipinski definition) is 0. The number of esters is 1. The third-order valence-electron chi connectivity index (χ3n) is 4.14. The lowest BCUT2D eigenvalue weighted by Gasteiger charge is -2.43. The molecule has 0 N–H and O–H groups in total. The van der Waals surface area contributed by atoms with Crippen LogP contribution in [0.3, 0.4) is 0 Å². The fourth-order valence-electron chi connectivity index (χ4n) is 3.60. The number of carbonyl (C=O) groups is 1. The second-order valence-corrected chi connectivity index (χ2v) is 5.59. The lowest BCUT2D eigenvalue weighted by molar-refractivity contribution is -0.159. The molecule has 86 valence electrons. The molecule has 0 heterocycles. The first kappa shape index (κ1) is 11.0. The Morgan fingerprint density at radius 1 is 1.33 bits per heavy atom. The molecule has 0 aliphatic heterocycles. The van der Waals surface area contributed by atoms with Crippen molar-refractivity contribution in [3.63, 3.8) is 0 Å². The Morgan fingerprint density at radius 3 is 2.47 bits per heavy atom. The highest BCUT2D eigenvalue weighted by molar-refractivity contribution is 5.76. The molecule has 0 spiro atoms. The largest absolute Gasteiger partial charge is 0.466 e. The minimum atomic E-state index is -0.177. The zero-order chi connectivity index (χ0) is 10.9. The van der Waals surface area contributed by atoms with Crippen LogP contribution in [0.4, 0.5) is 0 Å². The van der Waals surface area contributed by atoms with Gasteiger partial charge < -0.3 is 4.74 Å². The Hall–Kier alpha value is -0.530. The smallest absolute Gasteiger partial charge is 0.311 e. The Labute approximate surface area is 92.4 Å². The van der Waals surface area contributed by atoms with Gasteiger partial charge in [-0.2, -0.15) is 0 Å². The second kappa shape index (κ2) is 4.15. The molecule has 0 radical (unpaired) electrons. The van der Waals surface area contributed by atoms with Gasteiger partial charge in [0.2, 0.25) is 0 Å². The maximum atomic E-state index is 11.9. The molecule has 0 amide bonds. The average molecular weight is 210 g/mol. The monoisotopic (exact) mass is 210 g/mol. The van der Waals surface area contributed by atoms with Crippen LogP contribution in [-0.2, 0) is 9.53 Å². The minimum absolute atomic E-state index is 0.0431. The minimum Gasteiger partial charge on any atom is -0.466 e. The molecule has 2 bridgehead atoms. The number of ether oxygens (including phenoxy) is 1. The van der Waals surface area contributed by atoms with E-state index in [1.165, 1.54) is 25.7 Å². The molecule has 0 aromatic carbocycles. The average Bonchev–Trinajstić information content (AvgIpc) is 2.17. The van der Waals surface area contributed by atoms with Gasteiger partial charge in [0.05, 0.1) is 12.0 Å². The first-order chi connectivity index (χ1) is 7.14. The van der Waals surface area contributed by atoms with Gasteiger partial charge >= 0.3 is 5.97 Å². The molecule has 2 aliphatic carbocycles. The van der Waals surface area contributed by atoms with Gasteiger partial charge in [-0.1, -0.05) is 19.3 Å². The van der Waals surface area contributed by atoms with E-state index in [4.69, 9.17) is 4.74 Å². The third-order valence-corrected chi connectivity index (χ3v) is 4.14. The highest BCUT2D eigenvalue weighted by atomic mass is 16.5. The van der Waals surface area contributed by atoms with E-state index in [1.807, 2.05) is 6.92 Å². The van der Waals surface area contributed by atoms with Crippen LogP contribution in [0, 0.1) is 17.3 Å². The fraction of sp³-hybridized carbons (Fsp3) is 0.923. The maximum Gasteiger partial charge on any atom is 0.311 e. The lowest BCUT2D eigenvalue weighted by Crippen LogP contribution is -2.40. The summed E-state index contributed by atoms with van der Waals surface area (Å²) < 4.78 is 5.21. The normalized spacial score (nSPS) is 39.9. The van der Waals surface area contributed by atoms with E-state index in [1.54, 1.807) is 0 Å². The quantitative estimate of drug-likeness (QED) is 0.654. The molecule has 0 saturated heterocycles. The Kier molecular flexibility index (Phi) is 3.03. The summed E-state index contributed by atoms with van der Waals surface area (Å²) in [7, 11) is 0. The summed E-state index contributed by atoms with van der Waals surface area (Å²) in [6, 6.07) is 0. The second-order valence-electron chi connectivity index (χ2n) is 5.59. The van der Waals surface area contributed by atoms with E-state index in [9.17, 15) is 4.79 Å². The van der Waals surface area contributed by atoms with Gasteiger partial charge in [0.25, 0.3) is 0 Å². The number of fused-ring (bicyclic) bond motifs is 2. The van der Waals surface area contributed by atoms with E-state index < -0.39 is 0 Å². The van der Waals surface area contributed by atoms with Gasteiger partial charge in [-0.25, -0.2) is 0 Å². The van der Waals surface area contributed by atoms with Gasteiger partial charge in [0, 0.05) is 0 Å². The SMILES string of the molecule is CCOC(=O)C1(C)CC2CCCC(C2)C1. The summed E-state index contributed by atoms with van der Waals surface area (Å²) in [5.74, 6) is 1.61. The zero-order valence-corrected chi connectivity index (χ0v) is 9.92. The number of hydrogen-bond acceptors (Lipinski definition) is 2. The summed E-state index contributed by atoms with van der Waals surface area (Å²) in [5, 5.41) is 0. The van der Waals surface area contributed by atoms with Crippen molar-refractivity contribution in [3.8, 4) is 0 Å². The molecule has 2 saturated carbocycles. The standard InChI is InChI=1S/C13H22O2/c1-3-15-12(14)13(2)8-10-5-4-6-11(7-10)9-13/h10-11H,3-9H2,1-2H3. The first-order valence-electron chi connectivity index (χ1n) is 6.31. The van der Waals surface area contributed by atoms with Crippen LogP contribution in [0.1, 0.15) is 52.4 Å². The molecule has 15 heavy (non-hydrogen) atoms.